The Bertz CT molecular complexity index is 686. The lowest BCUT2D eigenvalue weighted by molar-refractivity contribution is -0.111. The lowest BCUT2D eigenvalue weighted by atomic mass is 9.94. The van der Waals surface area contributed by atoms with Crippen LogP contribution in [-0.4, -0.2) is 41.4 Å². The van der Waals surface area contributed by atoms with Gasteiger partial charge in [-0.05, 0) is 56.5 Å². The molecule has 4 heteroatoms. The van der Waals surface area contributed by atoms with E-state index in [1.54, 1.807) is 12.1 Å². The van der Waals surface area contributed by atoms with Crippen molar-refractivity contribution in [1.82, 2.24) is 4.90 Å². The Balaban J connectivity index is 1.78. The summed E-state index contributed by atoms with van der Waals surface area (Å²) in [4.78, 5) is 14.1. The van der Waals surface area contributed by atoms with Gasteiger partial charge in [0.15, 0.2) is 0 Å². The number of carbonyl (C=O) groups is 1. The molecule has 0 amide bonds. The Kier molecular flexibility index (Phi) is 9.18. The summed E-state index contributed by atoms with van der Waals surface area (Å²) in [5.41, 5.74) is 0.890. The largest absolute Gasteiger partial charge is 0.462 e. The van der Waals surface area contributed by atoms with Gasteiger partial charge in [-0.1, -0.05) is 62.4 Å². The second kappa shape index (κ2) is 11.6. The molecule has 1 unspecified atom stereocenters. The van der Waals surface area contributed by atoms with E-state index in [1.807, 2.05) is 36.4 Å². The van der Waals surface area contributed by atoms with E-state index < -0.39 is 5.72 Å². The van der Waals surface area contributed by atoms with Crippen molar-refractivity contribution in [2.75, 3.05) is 19.7 Å². The van der Waals surface area contributed by atoms with Crippen molar-refractivity contribution in [2.24, 2.45) is 0 Å². The Morgan fingerprint density at radius 2 is 1.54 bits per heavy atom. The van der Waals surface area contributed by atoms with Crippen molar-refractivity contribution in [3.05, 3.63) is 71.8 Å². The highest BCUT2D eigenvalue weighted by molar-refractivity contribution is 5.89. The van der Waals surface area contributed by atoms with Crippen LogP contribution in [0.5, 0.6) is 0 Å². The SMILES string of the molecule is CCN(CC)C(O)(CCCCCOC(=O)c1ccccc1)Cc1ccccc1. The molecule has 0 fully saturated rings. The number of esters is 1. The van der Waals surface area contributed by atoms with Crippen LogP contribution in [-0.2, 0) is 11.2 Å². The van der Waals surface area contributed by atoms with Gasteiger partial charge in [-0.25, -0.2) is 4.79 Å². The van der Waals surface area contributed by atoms with Crippen molar-refractivity contribution in [3.8, 4) is 0 Å². The van der Waals surface area contributed by atoms with Crippen molar-refractivity contribution < 1.29 is 14.6 Å². The molecular weight excluding hydrogens is 350 g/mol. The zero-order valence-electron chi connectivity index (χ0n) is 17.1. The van der Waals surface area contributed by atoms with E-state index in [9.17, 15) is 9.90 Å². The number of aliphatic hydroxyl groups is 1. The summed E-state index contributed by atoms with van der Waals surface area (Å²) in [6.45, 7) is 6.21. The number of likely N-dealkylation sites (N-methyl/N-ethyl adjacent to an activating group) is 1. The first kappa shape index (κ1) is 22.1. The molecule has 0 bridgehead atoms. The predicted octanol–water partition coefficient (Wildman–Crippen LogP) is 4.68. The fourth-order valence-corrected chi connectivity index (χ4v) is 3.60. The molecule has 0 saturated carbocycles. The Morgan fingerprint density at radius 1 is 0.929 bits per heavy atom. The molecule has 0 saturated heterocycles. The smallest absolute Gasteiger partial charge is 0.338 e. The summed E-state index contributed by atoms with van der Waals surface area (Å²) in [5.74, 6) is -0.274. The molecule has 0 spiro atoms. The summed E-state index contributed by atoms with van der Waals surface area (Å²) in [7, 11) is 0. The van der Waals surface area contributed by atoms with Crippen LogP contribution in [0.1, 0.15) is 55.5 Å². The fourth-order valence-electron chi connectivity index (χ4n) is 3.60. The number of hydrogen-bond acceptors (Lipinski definition) is 4. The van der Waals surface area contributed by atoms with Crippen molar-refractivity contribution >= 4 is 5.97 Å². The molecule has 1 atom stereocenters. The van der Waals surface area contributed by atoms with E-state index in [2.05, 4.69) is 30.9 Å². The van der Waals surface area contributed by atoms with Gasteiger partial charge in [0.1, 0.15) is 5.72 Å². The van der Waals surface area contributed by atoms with Gasteiger partial charge in [0.2, 0.25) is 0 Å². The van der Waals surface area contributed by atoms with Gasteiger partial charge >= 0.3 is 5.97 Å². The zero-order chi connectivity index (χ0) is 20.2. The predicted molar refractivity (Wildman–Crippen MR) is 113 cm³/mol. The summed E-state index contributed by atoms with van der Waals surface area (Å²) in [6, 6.07) is 19.2. The number of carbonyl (C=O) groups excluding carboxylic acids is 1. The first-order valence-corrected chi connectivity index (χ1v) is 10.3. The molecule has 2 aromatic carbocycles. The van der Waals surface area contributed by atoms with Crippen LogP contribution in [0.15, 0.2) is 60.7 Å². The van der Waals surface area contributed by atoms with Gasteiger partial charge in [0.25, 0.3) is 0 Å². The first-order valence-electron chi connectivity index (χ1n) is 10.3. The summed E-state index contributed by atoms with van der Waals surface area (Å²) >= 11 is 0. The standard InChI is InChI=1S/C24H33NO3/c1-3-25(4-2)24(27,20-21-14-8-5-9-15-21)18-12-7-13-19-28-23(26)22-16-10-6-11-17-22/h5-6,8-11,14-17,27H,3-4,7,12-13,18-20H2,1-2H3. The third-order valence-corrected chi connectivity index (χ3v) is 5.15. The third kappa shape index (κ3) is 6.77. The highest BCUT2D eigenvalue weighted by Gasteiger charge is 2.32. The van der Waals surface area contributed by atoms with Crippen molar-refractivity contribution in [3.63, 3.8) is 0 Å². The Hall–Kier alpha value is -2.17. The molecule has 1 N–H and O–H groups in total. The monoisotopic (exact) mass is 383 g/mol. The molecule has 0 aromatic heterocycles. The summed E-state index contributed by atoms with van der Waals surface area (Å²) < 4.78 is 5.33. The van der Waals surface area contributed by atoms with E-state index in [0.717, 1.165) is 37.9 Å². The van der Waals surface area contributed by atoms with E-state index in [0.29, 0.717) is 25.0 Å². The average Bonchev–Trinajstić information content (AvgIpc) is 2.72. The molecular formula is C24H33NO3. The minimum Gasteiger partial charge on any atom is -0.462 e. The number of hydrogen-bond donors (Lipinski definition) is 1. The van der Waals surface area contributed by atoms with Crippen molar-refractivity contribution in [1.29, 1.82) is 0 Å². The van der Waals surface area contributed by atoms with E-state index in [-0.39, 0.29) is 5.97 Å². The highest BCUT2D eigenvalue weighted by atomic mass is 16.5. The molecule has 4 nitrogen and oxygen atoms in total. The van der Waals surface area contributed by atoms with Crippen LogP contribution in [0.25, 0.3) is 0 Å². The Labute approximate surface area is 169 Å². The van der Waals surface area contributed by atoms with Gasteiger partial charge in [0, 0.05) is 6.42 Å². The van der Waals surface area contributed by atoms with Gasteiger partial charge < -0.3 is 9.84 Å². The fraction of sp³-hybridized carbons (Fsp3) is 0.458. The van der Waals surface area contributed by atoms with E-state index in [4.69, 9.17) is 4.74 Å². The topological polar surface area (TPSA) is 49.8 Å². The molecule has 0 radical (unpaired) electrons. The minimum atomic E-state index is -0.842. The average molecular weight is 384 g/mol. The van der Waals surface area contributed by atoms with E-state index >= 15 is 0 Å². The second-order valence-corrected chi connectivity index (χ2v) is 7.13. The van der Waals surface area contributed by atoms with Crippen LogP contribution in [0, 0.1) is 0 Å². The van der Waals surface area contributed by atoms with Crippen LogP contribution < -0.4 is 0 Å². The van der Waals surface area contributed by atoms with Crippen LogP contribution in [0.4, 0.5) is 0 Å². The number of ether oxygens (including phenoxy) is 1. The maximum Gasteiger partial charge on any atom is 0.338 e. The lowest BCUT2D eigenvalue weighted by Crippen LogP contribution is -2.50. The number of rotatable bonds is 12. The molecule has 0 aliphatic rings. The number of unbranched alkanes of at least 4 members (excludes halogenated alkanes) is 2. The lowest BCUT2D eigenvalue weighted by Gasteiger charge is -2.39. The molecule has 0 aliphatic carbocycles. The first-order chi connectivity index (χ1) is 13.6. The third-order valence-electron chi connectivity index (χ3n) is 5.15. The summed E-state index contributed by atoms with van der Waals surface area (Å²) in [6.07, 6.45) is 3.94. The molecule has 2 rings (SSSR count). The van der Waals surface area contributed by atoms with Gasteiger partial charge in [-0.2, -0.15) is 0 Å². The van der Waals surface area contributed by atoms with Crippen molar-refractivity contribution in [2.45, 2.75) is 51.7 Å². The van der Waals surface area contributed by atoms with Crippen LogP contribution in [0.2, 0.25) is 0 Å². The van der Waals surface area contributed by atoms with Gasteiger partial charge in [-0.3, -0.25) is 4.90 Å². The summed E-state index contributed by atoms with van der Waals surface area (Å²) in [5, 5.41) is 11.4. The molecule has 0 heterocycles. The maximum absolute atomic E-state index is 11.9. The van der Waals surface area contributed by atoms with Gasteiger partial charge in [0.05, 0.1) is 12.2 Å². The molecule has 28 heavy (non-hydrogen) atoms. The molecule has 2 aromatic rings. The zero-order valence-corrected chi connectivity index (χ0v) is 17.1. The normalized spacial score (nSPS) is 13.3. The minimum absolute atomic E-state index is 0.274. The molecule has 0 aliphatic heterocycles. The van der Waals surface area contributed by atoms with E-state index in [1.165, 1.54) is 0 Å². The maximum atomic E-state index is 11.9. The Morgan fingerprint density at radius 3 is 2.14 bits per heavy atom. The molecule has 152 valence electrons. The highest BCUT2D eigenvalue weighted by Crippen LogP contribution is 2.25. The van der Waals surface area contributed by atoms with Gasteiger partial charge in [-0.15, -0.1) is 0 Å². The van der Waals surface area contributed by atoms with Crippen LogP contribution >= 0.6 is 0 Å². The number of nitrogens with zero attached hydrogens (tertiary/aromatic N) is 1. The second-order valence-electron chi connectivity index (χ2n) is 7.13. The quantitative estimate of drug-likeness (QED) is 0.328. The van der Waals surface area contributed by atoms with Crippen LogP contribution in [0.3, 0.4) is 0 Å². The number of benzene rings is 2.